The van der Waals surface area contributed by atoms with Crippen LogP contribution in [0.1, 0.15) is 0 Å². The molecule has 12 rings (SSSR count). The van der Waals surface area contributed by atoms with Crippen LogP contribution in [0.5, 0.6) is 0 Å². The average Bonchev–Trinajstić information content (AvgIpc) is 3.84. The maximum absolute atomic E-state index is 2.42. The lowest BCUT2D eigenvalue weighted by Gasteiger charge is -2.31. The van der Waals surface area contributed by atoms with Crippen LogP contribution in [-0.4, -0.2) is 11.6 Å². The molecule has 1 aliphatic heterocycles. The standard InChI is InChI=1S/C50H33N2S/c1-51-41-20-10-7-15-35(41)40-29-31(25-28-42(40)51)30-23-26-32(27-24-30)52(2)43-21-11-8-18-38(43)47-45-36-16-5-3-13-33(36)34-14-4-6-17-37(34)46(45)48-39-19-9-12-22-44(39)53-50(48)49(47)52/h3-29H,1-2H3/q+1. The second-order valence-corrected chi connectivity index (χ2v) is 15.8. The maximum atomic E-state index is 2.42. The van der Waals surface area contributed by atoms with E-state index in [2.05, 4.69) is 182 Å². The molecule has 248 valence electrons. The van der Waals surface area contributed by atoms with Gasteiger partial charge in [-0.15, -0.1) is 11.3 Å². The molecule has 0 aliphatic carbocycles. The van der Waals surface area contributed by atoms with Gasteiger partial charge in [-0.1, -0.05) is 103 Å². The van der Waals surface area contributed by atoms with Crippen LogP contribution in [0.4, 0.5) is 17.1 Å². The fraction of sp³-hybridized carbons (Fsp3) is 0.0400. The van der Waals surface area contributed by atoms with Crippen LogP contribution in [0.25, 0.3) is 96.5 Å². The molecule has 0 fully saturated rings. The predicted molar refractivity (Wildman–Crippen MR) is 230 cm³/mol. The fourth-order valence-electron chi connectivity index (χ4n) is 9.81. The third-order valence-electron chi connectivity index (χ3n) is 12.2. The van der Waals surface area contributed by atoms with E-state index in [0.717, 1.165) is 0 Å². The first kappa shape index (κ1) is 29.3. The molecule has 0 amide bonds. The van der Waals surface area contributed by atoms with Crippen LogP contribution in [0.3, 0.4) is 0 Å². The van der Waals surface area contributed by atoms with Crippen LogP contribution in [0.15, 0.2) is 164 Å². The molecule has 0 spiro atoms. The van der Waals surface area contributed by atoms with Gasteiger partial charge in [-0.05, 0) is 75.1 Å². The number of aryl methyl sites for hydroxylation is 1. The average molecular weight is 694 g/mol. The Labute approximate surface area is 310 Å². The summed E-state index contributed by atoms with van der Waals surface area (Å²) in [5, 5.41) is 13.3. The van der Waals surface area contributed by atoms with Gasteiger partial charge in [-0.2, -0.15) is 0 Å². The van der Waals surface area contributed by atoms with Crippen LogP contribution in [-0.2, 0) is 7.05 Å². The van der Waals surface area contributed by atoms with E-state index < -0.39 is 0 Å². The molecular formula is C50H33N2S+. The molecule has 2 aromatic heterocycles. The van der Waals surface area contributed by atoms with E-state index in [1.54, 1.807) is 0 Å². The molecule has 3 heterocycles. The molecule has 2 nitrogen and oxygen atoms in total. The number of thiophene rings is 1. The lowest BCUT2D eigenvalue weighted by Crippen LogP contribution is -2.31. The lowest BCUT2D eigenvalue weighted by atomic mass is 9.87. The smallest absolute Gasteiger partial charge is 0.169 e. The van der Waals surface area contributed by atoms with Gasteiger partial charge in [-0.3, -0.25) is 0 Å². The third-order valence-corrected chi connectivity index (χ3v) is 13.4. The van der Waals surface area contributed by atoms with Gasteiger partial charge in [0, 0.05) is 73.3 Å². The van der Waals surface area contributed by atoms with Crippen LogP contribution < -0.4 is 4.48 Å². The van der Waals surface area contributed by atoms with Crippen molar-refractivity contribution in [3.8, 4) is 22.3 Å². The third kappa shape index (κ3) is 3.70. The molecule has 0 N–H and O–H groups in total. The molecule has 0 bridgehead atoms. The number of benzene rings is 9. The monoisotopic (exact) mass is 693 g/mol. The van der Waals surface area contributed by atoms with E-state index in [0.29, 0.717) is 4.48 Å². The molecule has 9 aromatic carbocycles. The Kier molecular flexibility index (Phi) is 5.77. The van der Waals surface area contributed by atoms with Crippen LogP contribution in [0.2, 0.25) is 0 Å². The van der Waals surface area contributed by atoms with Crippen molar-refractivity contribution in [3.05, 3.63) is 164 Å². The zero-order chi connectivity index (χ0) is 35.0. The van der Waals surface area contributed by atoms with Gasteiger partial charge in [0.1, 0.15) is 5.69 Å². The number of rotatable bonds is 2. The summed E-state index contributed by atoms with van der Waals surface area (Å²) in [4.78, 5) is 0. The maximum Gasteiger partial charge on any atom is 0.169 e. The number of nitrogens with zero attached hydrogens (tertiary/aromatic N) is 2. The first-order valence-corrected chi connectivity index (χ1v) is 19.2. The molecule has 0 saturated carbocycles. The molecular weight excluding hydrogens is 661 g/mol. The second kappa shape index (κ2) is 10.4. The van der Waals surface area contributed by atoms with E-state index in [-0.39, 0.29) is 0 Å². The molecule has 1 atom stereocenters. The summed E-state index contributed by atoms with van der Waals surface area (Å²) in [5.74, 6) is 0. The number of fused-ring (bicyclic) bond motifs is 18. The van der Waals surface area contributed by atoms with Crippen molar-refractivity contribution < 1.29 is 0 Å². The van der Waals surface area contributed by atoms with Gasteiger partial charge in [-0.25, -0.2) is 4.48 Å². The normalized spacial score (nSPS) is 15.4. The quantitative estimate of drug-likeness (QED) is 0.125. The molecule has 1 aliphatic rings. The van der Waals surface area contributed by atoms with E-state index in [1.807, 2.05) is 11.3 Å². The lowest BCUT2D eigenvalue weighted by molar-refractivity contribution is 0.648. The number of aromatic nitrogens is 1. The van der Waals surface area contributed by atoms with Crippen molar-refractivity contribution in [1.82, 2.24) is 9.05 Å². The number of quaternary nitrogens is 1. The zero-order valence-electron chi connectivity index (χ0n) is 29.4. The van der Waals surface area contributed by atoms with Gasteiger partial charge >= 0.3 is 0 Å². The largest absolute Gasteiger partial charge is 0.344 e. The minimum atomic E-state index is 0.606. The van der Waals surface area contributed by atoms with Gasteiger partial charge < -0.3 is 4.57 Å². The topological polar surface area (TPSA) is 4.93 Å². The predicted octanol–water partition coefficient (Wildman–Crippen LogP) is 14.4. The minimum absolute atomic E-state index is 0.606. The summed E-state index contributed by atoms with van der Waals surface area (Å²) in [5.41, 5.74) is 11.6. The second-order valence-electron chi connectivity index (χ2n) is 14.7. The first-order valence-electron chi connectivity index (χ1n) is 18.4. The van der Waals surface area contributed by atoms with Crippen molar-refractivity contribution in [1.29, 1.82) is 0 Å². The van der Waals surface area contributed by atoms with E-state index in [1.165, 1.54) is 114 Å². The summed E-state index contributed by atoms with van der Waals surface area (Å²) in [6.45, 7) is 0. The van der Waals surface area contributed by atoms with E-state index in [9.17, 15) is 0 Å². The highest BCUT2D eigenvalue weighted by molar-refractivity contribution is 7.26. The van der Waals surface area contributed by atoms with Gasteiger partial charge in [0.05, 0.1) is 22.9 Å². The van der Waals surface area contributed by atoms with E-state index >= 15 is 0 Å². The molecule has 53 heavy (non-hydrogen) atoms. The molecule has 11 aromatic rings. The van der Waals surface area contributed by atoms with Crippen molar-refractivity contribution in [2.75, 3.05) is 7.05 Å². The Bertz CT molecular complexity index is 3360. The van der Waals surface area contributed by atoms with Crippen LogP contribution >= 0.6 is 11.3 Å². The zero-order valence-corrected chi connectivity index (χ0v) is 30.2. The number of hydrogen-bond donors (Lipinski definition) is 0. The van der Waals surface area contributed by atoms with Crippen molar-refractivity contribution in [2.24, 2.45) is 7.05 Å². The summed E-state index contributed by atoms with van der Waals surface area (Å²) < 4.78 is 5.61. The molecule has 3 heteroatoms. The number of para-hydroxylation sites is 2. The Morgan fingerprint density at radius 2 is 1.06 bits per heavy atom. The Morgan fingerprint density at radius 1 is 0.472 bits per heavy atom. The van der Waals surface area contributed by atoms with Gasteiger partial charge in [0.25, 0.3) is 0 Å². The minimum Gasteiger partial charge on any atom is -0.344 e. The summed E-state index contributed by atoms with van der Waals surface area (Å²) >= 11 is 1.95. The van der Waals surface area contributed by atoms with Crippen molar-refractivity contribution >= 4 is 103 Å². The summed E-state index contributed by atoms with van der Waals surface area (Å²) in [6, 6.07) is 61.3. The highest BCUT2D eigenvalue weighted by atomic mass is 32.1. The van der Waals surface area contributed by atoms with Crippen molar-refractivity contribution in [2.45, 2.75) is 0 Å². The first-order chi connectivity index (χ1) is 26.1. The Morgan fingerprint density at radius 3 is 1.83 bits per heavy atom. The summed E-state index contributed by atoms with van der Waals surface area (Å²) in [7, 11) is 4.58. The van der Waals surface area contributed by atoms with Crippen LogP contribution in [0, 0.1) is 0 Å². The SMILES string of the molecule is Cn1c2ccccc2c2cc(-c3ccc([N+]4(C)c5ccccc5-c5c4c4sc6ccccc6c4c4c6ccccc6c6ccccc6c54)cc3)ccc21. The highest BCUT2D eigenvalue weighted by Gasteiger charge is 2.46. The Hall–Kier alpha value is -6.26. The molecule has 0 radical (unpaired) electrons. The highest BCUT2D eigenvalue weighted by Crippen LogP contribution is 2.64. The van der Waals surface area contributed by atoms with Gasteiger partial charge in [0.15, 0.2) is 11.4 Å². The number of hydrogen-bond acceptors (Lipinski definition) is 1. The molecule has 1 unspecified atom stereocenters. The summed E-state index contributed by atoms with van der Waals surface area (Å²) in [6.07, 6.45) is 0. The van der Waals surface area contributed by atoms with Crippen molar-refractivity contribution in [3.63, 3.8) is 0 Å². The fourth-order valence-corrected chi connectivity index (χ4v) is 11.1. The van der Waals surface area contributed by atoms with E-state index in [4.69, 9.17) is 0 Å². The van der Waals surface area contributed by atoms with Gasteiger partial charge in [0.2, 0.25) is 0 Å². The Balaban J connectivity index is 1.17. The molecule has 0 saturated heterocycles.